The summed E-state index contributed by atoms with van der Waals surface area (Å²) in [4.78, 5) is 0. The molecule has 0 radical (unpaired) electrons. The molecular formula is C12H18O2S. The molecule has 3 heteroatoms. The van der Waals surface area contributed by atoms with Gasteiger partial charge in [-0.3, -0.25) is 0 Å². The van der Waals surface area contributed by atoms with Crippen molar-refractivity contribution in [3.8, 4) is 5.75 Å². The molecule has 1 aromatic carbocycles. The molecule has 1 aromatic rings. The Kier molecular flexibility index (Phi) is 5.58. The van der Waals surface area contributed by atoms with Crippen molar-refractivity contribution in [3.05, 3.63) is 29.3 Å². The highest BCUT2D eigenvalue weighted by Gasteiger charge is 2.05. The largest absolute Gasteiger partial charge is 0.493 e. The van der Waals surface area contributed by atoms with Crippen LogP contribution in [0.2, 0.25) is 0 Å². The van der Waals surface area contributed by atoms with Gasteiger partial charge < -0.3 is 9.84 Å². The number of ether oxygens (including phenoxy) is 1. The molecule has 1 N–H and O–H groups in total. The molecule has 84 valence electrons. The number of thioether (sulfide) groups is 1. The van der Waals surface area contributed by atoms with Crippen LogP contribution in [-0.4, -0.2) is 23.7 Å². The van der Waals surface area contributed by atoms with Crippen LogP contribution in [0.15, 0.2) is 18.2 Å². The van der Waals surface area contributed by atoms with Gasteiger partial charge in [0, 0.05) is 5.56 Å². The summed E-state index contributed by atoms with van der Waals surface area (Å²) < 4.78 is 5.69. The lowest BCUT2D eigenvalue weighted by molar-refractivity contribution is 0.262. The van der Waals surface area contributed by atoms with Crippen LogP contribution in [0.4, 0.5) is 0 Å². The van der Waals surface area contributed by atoms with E-state index in [1.165, 1.54) is 0 Å². The lowest BCUT2D eigenvalue weighted by Crippen LogP contribution is -2.03. The van der Waals surface area contributed by atoms with Gasteiger partial charge in [-0.15, -0.1) is 0 Å². The molecule has 0 aliphatic heterocycles. The number of benzene rings is 1. The van der Waals surface area contributed by atoms with Gasteiger partial charge in [0.25, 0.3) is 0 Å². The zero-order chi connectivity index (χ0) is 11.1. The molecule has 0 unspecified atom stereocenters. The maximum Gasteiger partial charge on any atom is 0.127 e. The zero-order valence-electron chi connectivity index (χ0n) is 9.32. The van der Waals surface area contributed by atoms with Gasteiger partial charge in [0.05, 0.1) is 13.2 Å². The fourth-order valence-electron chi connectivity index (χ4n) is 1.42. The topological polar surface area (TPSA) is 29.5 Å². The predicted molar refractivity (Wildman–Crippen MR) is 65.6 cm³/mol. The van der Waals surface area contributed by atoms with Crippen LogP contribution in [0.3, 0.4) is 0 Å². The molecule has 0 amide bonds. The van der Waals surface area contributed by atoms with Crippen LogP contribution >= 0.6 is 11.8 Å². The van der Waals surface area contributed by atoms with E-state index in [1.807, 2.05) is 36.9 Å². The summed E-state index contributed by atoms with van der Waals surface area (Å²) in [5, 5.41) is 9.16. The first kappa shape index (κ1) is 12.4. The van der Waals surface area contributed by atoms with E-state index in [0.717, 1.165) is 35.7 Å². The number of para-hydroxylation sites is 1. The Morgan fingerprint density at radius 3 is 2.87 bits per heavy atom. The summed E-state index contributed by atoms with van der Waals surface area (Å²) in [5.41, 5.74) is 1.96. The van der Waals surface area contributed by atoms with Crippen molar-refractivity contribution in [1.29, 1.82) is 0 Å². The molecule has 0 bridgehead atoms. The standard InChI is InChI=1S/C12H18O2S/c1-10-5-3-6-11(9-13)12(10)14-7-4-8-15-2/h3,5-6,13H,4,7-9H2,1-2H3. The summed E-state index contributed by atoms with van der Waals surface area (Å²) in [7, 11) is 0. The first-order chi connectivity index (χ1) is 7.29. The SMILES string of the molecule is CSCCCOc1c(C)cccc1CO. The Morgan fingerprint density at radius 1 is 1.40 bits per heavy atom. The van der Waals surface area contributed by atoms with Gasteiger partial charge in [-0.2, -0.15) is 11.8 Å². The van der Waals surface area contributed by atoms with Crippen molar-refractivity contribution in [2.24, 2.45) is 0 Å². The van der Waals surface area contributed by atoms with E-state index in [2.05, 4.69) is 6.26 Å². The lowest BCUT2D eigenvalue weighted by atomic mass is 10.1. The number of hydrogen-bond acceptors (Lipinski definition) is 3. The van der Waals surface area contributed by atoms with Gasteiger partial charge in [0.2, 0.25) is 0 Å². The monoisotopic (exact) mass is 226 g/mol. The average Bonchev–Trinajstić information content (AvgIpc) is 2.26. The Labute approximate surface area is 95.7 Å². The summed E-state index contributed by atoms with van der Waals surface area (Å²) >= 11 is 1.82. The van der Waals surface area contributed by atoms with Crippen LogP contribution in [0.5, 0.6) is 5.75 Å². The van der Waals surface area contributed by atoms with Crippen LogP contribution in [-0.2, 0) is 6.61 Å². The first-order valence-electron chi connectivity index (χ1n) is 5.10. The summed E-state index contributed by atoms with van der Waals surface area (Å²) in [6.45, 7) is 2.77. The molecule has 15 heavy (non-hydrogen) atoms. The molecule has 0 saturated carbocycles. The zero-order valence-corrected chi connectivity index (χ0v) is 10.1. The fourth-order valence-corrected chi connectivity index (χ4v) is 1.83. The third-order valence-electron chi connectivity index (χ3n) is 2.20. The van der Waals surface area contributed by atoms with Gasteiger partial charge in [0.15, 0.2) is 0 Å². The molecule has 0 aliphatic carbocycles. The van der Waals surface area contributed by atoms with E-state index < -0.39 is 0 Å². The third kappa shape index (κ3) is 3.76. The number of aliphatic hydroxyl groups excluding tert-OH is 1. The van der Waals surface area contributed by atoms with Crippen molar-refractivity contribution in [3.63, 3.8) is 0 Å². The third-order valence-corrected chi connectivity index (χ3v) is 2.90. The Morgan fingerprint density at radius 2 is 2.20 bits per heavy atom. The van der Waals surface area contributed by atoms with Gasteiger partial charge in [-0.1, -0.05) is 18.2 Å². The number of aryl methyl sites for hydroxylation is 1. The van der Waals surface area contributed by atoms with E-state index in [1.54, 1.807) is 0 Å². The van der Waals surface area contributed by atoms with E-state index >= 15 is 0 Å². The predicted octanol–water partition coefficient (Wildman–Crippen LogP) is 2.62. The van der Waals surface area contributed by atoms with Crippen LogP contribution in [0.25, 0.3) is 0 Å². The Balaban J connectivity index is 2.58. The van der Waals surface area contributed by atoms with E-state index in [-0.39, 0.29) is 6.61 Å². The Hall–Kier alpha value is -0.670. The van der Waals surface area contributed by atoms with Gasteiger partial charge in [-0.25, -0.2) is 0 Å². The fraction of sp³-hybridized carbons (Fsp3) is 0.500. The van der Waals surface area contributed by atoms with Crippen molar-refractivity contribution in [2.75, 3.05) is 18.6 Å². The van der Waals surface area contributed by atoms with E-state index in [4.69, 9.17) is 9.84 Å². The van der Waals surface area contributed by atoms with Crippen molar-refractivity contribution in [1.82, 2.24) is 0 Å². The highest BCUT2D eigenvalue weighted by atomic mass is 32.2. The Bertz CT molecular complexity index is 300. The second kappa shape index (κ2) is 6.75. The van der Waals surface area contributed by atoms with E-state index in [9.17, 15) is 0 Å². The minimum absolute atomic E-state index is 0.0412. The summed E-state index contributed by atoms with van der Waals surface area (Å²) in [5.74, 6) is 1.96. The molecule has 0 aromatic heterocycles. The summed E-state index contributed by atoms with van der Waals surface area (Å²) in [6, 6.07) is 5.84. The maximum atomic E-state index is 9.16. The van der Waals surface area contributed by atoms with Crippen LogP contribution in [0.1, 0.15) is 17.5 Å². The normalized spacial score (nSPS) is 10.3. The minimum atomic E-state index is 0.0412. The first-order valence-corrected chi connectivity index (χ1v) is 6.50. The van der Waals surface area contributed by atoms with Gasteiger partial charge >= 0.3 is 0 Å². The molecule has 0 fully saturated rings. The second-order valence-electron chi connectivity index (χ2n) is 3.42. The molecule has 0 spiro atoms. The second-order valence-corrected chi connectivity index (χ2v) is 4.40. The lowest BCUT2D eigenvalue weighted by Gasteiger charge is -2.12. The molecule has 2 nitrogen and oxygen atoms in total. The van der Waals surface area contributed by atoms with Crippen LogP contribution in [0, 0.1) is 6.92 Å². The maximum absolute atomic E-state index is 9.16. The molecule has 0 aliphatic rings. The minimum Gasteiger partial charge on any atom is -0.493 e. The molecule has 0 saturated heterocycles. The smallest absolute Gasteiger partial charge is 0.127 e. The quantitative estimate of drug-likeness (QED) is 0.756. The molecule has 0 heterocycles. The average molecular weight is 226 g/mol. The molecular weight excluding hydrogens is 208 g/mol. The van der Waals surface area contributed by atoms with Crippen LogP contribution < -0.4 is 4.74 Å². The highest BCUT2D eigenvalue weighted by Crippen LogP contribution is 2.23. The number of hydrogen-bond donors (Lipinski definition) is 1. The van der Waals surface area contributed by atoms with Gasteiger partial charge in [-0.05, 0) is 30.9 Å². The summed E-state index contributed by atoms with van der Waals surface area (Å²) in [6.07, 6.45) is 3.13. The number of rotatable bonds is 6. The molecule has 1 rings (SSSR count). The highest BCUT2D eigenvalue weighted by molar-refractivity contribution is 7.98. The van der Waals surface area contributed by atoms with Crippen molar-refractivity contribution < 1.29 is 9.84 Å². The van der Waals surface area contributed by atoms with Crippen molar-refractivity contribution in [2.45, 2.75) is 20.0 Å². The number of aliphatic hydroxyl groups is 1. The molecule has 0 atom stereocenters. The van der Waals surface area contributed by atoms with Crippen molar-refractivity contribution >= 4 is 11.8 Å². The van der Waals surface area contributed by atoms with E-state index in [0.29, 0.717) is 0 Å². The van der Waals surface area contributed by atoms with Gasteiger partial charge in [0.1, 0.15) is 5.75 Å².